The van der Waals surface area contributed by atoms with Gasteiger partial charge < -0.3 is 4.90 Å². The van der Waals surface area contributed by atoms with Gasteiger partial charge >= 0.3 is 0 Å². The molecule has 2 unspecified atom stereocenters. The SMILES string of the molecule is CC1CCCC(C)N1C(=O)Cn1cnc2sccc2c1=O. The van der Waals surface area contributed by atoms with Gasteiger partial charge in [0.25, 0.3) is 5.56 Å². The van der Waals surface area contributed by atoms with Crippen LogP contribution in [0.1, 0.15) is 33.1 Å². The summed E-state index contributed by atoms with van der Waals surface area (Å²) >= 11 is 1.44. The summed E-state index contributed by atoms with van der Waals surface area (Å²) in [7, 11) is 0. The molecule has 0 spiro atoms. The van der Waals surface area contributed by atoms with E-state index in [-0.39, 0.29) is 30.1 Å². The van der Waals surface area contributed by atoms with Crippen LogP contribution in [0.25, 0.3) is 10.2 Å². The van der Waals surface area contributed by atoms with Crippen LogP contribution in [0.5, 0.6) is 0 Å². The van der Waals surface area contributed by atoms with Gasteiger partial charge in [0.15, 0.2) is 0 Å². The quantitative estimate of drug-likeness (QED) is 0.855. The number of carbonyl (C=O) groups excluding carboxylic acids is 1. The zero-order chi connectivity index (χ0) is 15.0. The first-order valence-electron chi connectivity index (χ1n) is 7.31. The molecule has 5 nitrogen and oxygen atoms in total. The van der Waals surface area contributed by atoms with Crippen LogP contribution in [0, 0.1) is 0 Å². The fourth-order valence-electron chi connectivity index (χ4n) is 3.15. The molecule has 21 heavy (non-hydrogen) atoms. The molecule has 0 bridgehead atoms. The number of carbonyl (C=O) groups is 1. The molecule has 2 aromatic rings. The van der Waals surface area contributed by atoms with Crippen molar-refractivity contribution in [3.05, 3.63) is 28.1 Å². The van der Waals surface area contributed by atoms with Gasteiger partial charge in [-0.15, -0.1) is 11.3 Å². The van der Waals surface area contributed by atoms with Gasteiger partial charge in [0.05, 0.1) is 11.7 Å². The molecule has 2 aromatic heterocycles. The number of fused-ring (bicyclic) bond motifs is 1. The topological polar surface area (TPSA) is 55.2 Å². The van der Waals surface area contributed by atoms with E-state index in [4.69, 9.17) is 0 Å². The van der Waals surface area contributed by atoms with Gasteiger partial charge in [-0.25, -0.2) is 4.98 Å². The minimum atomic E-state index is -0.132. The van der Waals surface area contributed by atoms with E-state index in [9.17, 15) is 9.59 Å². The van der Waals surface area contributed by atoms with E-state index in [0.29, 0.717) is 5.39 Å². The van der Waals surface area contributed by atoms with Crippen molar-refractivity contribution in [1.82, 2.24) is 14.5 Å². The van der Waals surface area contributed by atoms with Crippen molar-refractivity contribution in [3.63, 3.8) is 0 Å². The molecule has 2 atom stereocenters. The van der Waals surface area contributed by atoms with Crippen LogP contribution in [0.2, 0.25) is 0 Å². The van der Waals surface area contributed by atoms with Crippen molar-refractivity contribution in [2.24, 2.45) is 0 Å². The molecule has 1 aliphatic heterocycles. The lowest BCUT2D eigenvalue weighted by Gasteiger charge is -2.39. The van der Waals surface area contributed by atoms with Crippen LogP contribution in [0.4, 0.5) is 0 Å². The molecule has 1 aliphatic rings. The summed E-state index contributed by atoms with van der Waals surface area (Å²) in [5.41, 5.74) is -0.132. The lowest BCUT2D eigenvalue weighted by atomic mass is 9.97. The fourth-order valence-corrected chi connectivity index (χ4v) is 3.87. The fraction of sp³-hybridized carbons (Fsp3) is 0.533. The second kappa shape index (κ2) is 5.60. The van der Waals surface area contributed by atoms with Crippen molar-refractivity contribution >= 4 is 27.5 Å². The predicted octanol–water partition coefficient (Wildman–Crippen LogP) is 2.25. The highest BCUT2D eigenvalue weighted by molar-refractivity contribution is 7.16. The Hall–Kier alpha value is -1.69. The Labute approximate surface area is 127 Å². The van der Waals surface area contributed by atoms with E-state index >= 15 is 0 Å². The van der Waals surface area contributed by atoms with Gasteiger partial charge in [-0.2, -0.15) is 0 Å². The summed E-state index contributed by atoms with van der Waals surface area (Å²) in [5.74, 6) is 0.00757. The van der Waals surface area contributed by atoms with Crippen LogP contribution in [0.3, 0.4) is 0 Å². The molecule has 3 rings (SSSR count). The number of likely N-dealkylation sites (tertiary alicyclic amines) is 1. The third-order valence-corrected chi connectivity index (χ3v) is 5.06. The van der Waals surface area contributed by atoms with Gasteiger partial charge in [0, 0.05) is 12.1 Å². The Balaban J connectivity index is 1.85. The molecule has 3 heterocycles. The summed E-state index contributed by atoms with van der Waals surface area (Å²) in [4.78, 5) is 31.8. The summed E-state index contributed by atoms with van der Waals surface area (Å²) in [6.45, 7) is 4.24. The number of thiophene rings is 1. The van der Waals surface area contributed by atoms with Crippen LogP contribution < -0.4 is 5.56 Å². The monoisotopic (exact) mass is 305 g/mol. The molecule has 0 aliphatic carbocycles. The summed E-state index contributed by atoms with van der Waals surface area (Å²) in [5, 5.41) is 2.44. The maximum absolute atomic E-state index is 12.6. The molecule has 0 radical (unpaired) electrons. The second-order valence-electron chi connectivity index (χ2n) is 5.75. The van der Waals surface area contributed by atoms with Crippen molar-refractivity contribution in [2.75, 3.05) is 0 Å². The van der Waals surface area contributed by atoms with E-state index in [0.717, 1.165) is 24.1 Å². The predicted molar refractivity (Wildman–Crippen MR) is 83.5 cm³/mol. The Kier molecular flexibility index (Phi) is 3.80. The van der Waals surface area contributed by atoms with Crippen LogP contribution in [-0.4, -0.2) is 32.4 Å². The first kappa shape index (κ1) is 14.3. The third kappa shape index (κ3) is 2.60. The number of aromatic nitrogens is 2. The molecule has 1 fully saturated rings. The lowest BCUT2D eigenvalue weighted by Crippen LogP contribution is -2.49. The van der Waals surface area contributed by atoms with Gasteiger partial charge in [-0.05, 0) is 44.6 Å². The molecule has 0 N–H and O–H groups in total. The Morgan fingerprint density at radius 1 is 1.38 bits per heavy atom. The average molecular weight is 305 g/mol. The smallest absolute Gasteiger partial charge is 0.262 e. The molecular formula is C15H19N3O2S. The van der Waals surface area contributed by atoms with Gasteiger partial charge in [-0.3, -0.25) is 14.2 Å². The first-order chi connectivity index (χ1) is 10.1. The molecule has 6 heteroatoms. The zero-order valence-electron chi connectivity index (χ0n) is 12.3. The Bertz CT molecular complexity index is 711. The summed E-state index contributed by atoms with van der Waals surface area (Å²) in [6, 6.07) is 2.26. The maximum Gasteiger partial charge on any atom is 0.262 e. The molecule has 0 saturated carbocycles. The van der Waals surface area contributed by atoms with Gasteiger partial charge in [0.1, 0.15) is 11.4 Å². The number of nitrogens with zero attached hydrogens (tertiary/aromatic N) is 3. The van der Waals surface area contributed by atoms with Crippen LogP contribution in [-0.2, 0) is 11.3 Å². The van der Waals surface area contributed by atoms with E-state index in [1.165, 1.54) is 22.2 Å². The molecule has 0 aromatic carbocycles. The lowest BCUT2D eigenvalue weighted by molar-refractivity contribution is -0.138. The van der Waals surface area contributed by atoms with E-state index in [2.05, 4.69) is 18.8 Å². The van der Waals surface area contributed by atoms with Crippen molar-refractivity contribution in [1.29, 1.82) is 0 Å². The highest BCUT2D eigenvalue weighted by Crippen LogP contribution is 2.22. The molecule has 1 saturated heterocycles. The number of hydrogen-bond donors (Lipinski definition) is 0. The van der Waals surface area contributed by atoms with Crippen molar-refractivity contribution in [2.45, 2.75) is 51.7 Å². The van der Waals surface area contributed by atoms with E-state index < -0.39 is 0 Å². The number of hydrogen-bond acceptors (Lipinski definition) is 4. The molecular weight excluding hydrogens is 286 g/mol. The van der Waals surface area contributed by atoms with Crippen molar-refractivity contribution in [3.8, 4) is 0 Å². The molecule has 1 amide bonds. The standard InChI is InChI=1S/C15H19N3O2S/c1-10-4-3-5-11(2)18(10)13(19)8-17-9-16-14-12(15(17)20)6-7-21-14/h6-7,9-11H,3-5,8H2,1-2H3. The number of amides is 1. The van der Waals surface area contributed by atoms with Crippen molar-refractivity contribution < 1.29 is 4.79 Å². The number of rotatable bonds is 2. The van der Waals surface area contributed by atoms with E-state index in [1.54, 1.807) is 6.07 Å². The molecule has 112 valence electrons. The normalized spacial score (nSPS) is 22.7. The Morgan fingerprint density at radius 3 is 2.81 bits per heavy atom. The van der Waals surface area contributed by atoms with Gasteiger partial charge in [-0.1, -0.05) is 0 Å². The highest BCUT2D eigenvalue weighted by Gasteiger charge is 2.29. The summed E-state index contributed by atoms with van der Waals surface area (Å²) in [6.07, 6.45) is 4.71. The van der Waals surface area contributed by atoms with Gasteiger partial charge in [0.2, 0.25) is 5.91 Å². The van der Waals surface area contributed by atoms with Crippen LogP contribution in [0.15, 0.2) is 22.6 Å². The maximum atomic E-state index is 12.6. The zero-order valence-corrected chi connectivity index (χ0v) is 13.1. The third-order valence-electron chi connectivity index (χ3n) is 4.24. The van der Waals surface area contributed by atoms with E-state index in [1.807, 2.05) is 10.3 Å². The second-order valence-corrected chi connectivity index (χ2v) is 6.64. The first-order valence-corrected chi connectivity index (χ1v) is 8.19. The van der Waals surface area contributed by atoms with Crippen LogP contribution >= 0.6 is 11.3 Å². The minimum absolute atomic E-state index is 0.00757. The highest BCUT2D eigenvalue weighted by atomic mass is 32.1. The average Bonchev–Trinajstić information content (AvgIpc) is 2.91. The number of piperidine rings is 1. The largest absolute Gasteiger partial charge is 0.336 e. The minimum Gasteiger partial charge on any atom is -0.336 e. The summed E-state index contributed by atoms with van der Waals surface area (Å²) < 4.78 is 1.42. The Morgan fingerprint density at radius 2 is 2.10 bits per heavy atom.